The van der Waals surface area contributed by atoms with Crippen molar-refractivity contribution in [3.8, 4) is 17.0 Å². The highest BCUT2D eigenvalue weighted by Crippen LogP contribution is 2.42. The van der Waals surface area contributed by atoms with E-state index >= 15 is 0 Å². The Balaban J connectivity index is 1.27. The highest BCUT2D eigenvalue weighted by molar-refractivity contribution is 6.22. The van der Waals surface area contributed by atoms with Gasteiger partial charge in [-0.05, 0) is 74.6 Å². The molecule has 43 heavy (non-hydrogen) atoms. The van der Waals surface area contributed by atoms with Crippen molar-refractivity contribution >= 4 is 40.2 Å². The fourth-order valence-electron chi connectivity index (χ4n) is 6.17. The zero-order valence-corrected chi connectivity index (χ0v) is 24.3. The summed E-state index contributed by atoms with van der Waals surface area (Å²) in [5.41, 5.74) is 3.98. The molecule has 8 heteroatoms. The lowest BCUT2D eigenvalue weighted by Crippen LogP contribution is -2.30. The van der Waals surface area contributed by atoms with Crippen molar-refractivity contribution in [2.24, 2.45) is 17.8 Å². The molecule has 1 aromatic heterocycles. The maximum atomic E-state index is 13.4. The molecular formula is C35H32N2O6. The second kappa shape index (κ2) is 11.4. The number of rotatable bonds is 7. The van der Waals surface area contributed by atoms with Crippen molar-refractivity contribution in [3.05, 3.63) is 89.5 Å². The first-order valence-electron chi connectivity index (χ1n) is 14.5. The number of nitrogens with zero attached hydrogens (tertiary/aromatic N) is 2. The molecule has 2 amide bonds. The van der Waals surface area contributed by atoms with E-state index in [-0.39, 0.29) is 35.0 Å². The summed E-state index contributed by atoms with van der Waals surface area (Å²) in [6.45, 7) is 3.63. The van der Waals surface area contributed by atoms with Crippen LogP contribution in [0.15, 0.2) is 72.8 Å². The summed E-state index contributed by atoms with van der Waals surface area (Å²) >= 11 is 0. The molecule has 4 aromatic rings. The average molecular weight is 577 g/mol. The Morgan fingerprint density at radius 2 is 1.70 bits per heavy atom. The van der Waals surface area contributed by atoms with E-state index in [0.29, 0.717) is 45.1 Å². The largest absolute Gasteiger partial charge is 0.497 e. The number of ketones is 1. The van der Waals surface area contributed by atoms with Crippen LogP contribution in [0.3, 0.4) is 0 Å². The van der Waals surface area contributed by atoms with Gasteiger partial charge in [-0.3, -0.25) is 19.3 Å². The molecule has 0 unspecified atom stereocenters. The first-order chi connectivity index (χ1) is 20.7. The molecule has 2 heterocycles. The van der Waals surface area contributed by atoms with Gasteiger partial charge in [-0.1, -0.05) is 42.8 Å². The fraction of sp³-hybridized carbons (Fsp3) is 0.286. The van der Waals surface area contributed by atoms with Crippen LogP contribution in [0.25, 0.3) is 22.2 Å². The molecule has 0 spiro atoms. The molecule has 1 saturated carbocycles. The number of carbonyl (C=O) groups is 4. The van der Waals surface area contributed by atoms with E-state index in [9.17, 15) is 19.2 Å². The Kier molecular flexibility index (Phi) is 7.52. The van der Waals surface area contributed by atoms with E-state index in [4.69, 9.17) is 14.5 Å². The van der Waals surface area contributed by atoms with Crippen molar-refractivity contribution < 1.29 is 28.7 Å². The number of methoxy groups -OCH3 is 1. The molecule has 3 atom stereocenters. The van der Waals surface area contributed by atoms with Gasteiger partial charge in [0.2, 0.25) is 11.8 Å². The highest BCUT2D eigenvalue weighted by atomic mass is 16.5. The number of Topliss-reactive ketones (excluding diaryl/α,β-unsaturated/α-hetero) is 1. The van der Waals surface area contributed by atoms with Crippen LogP contribution in [0.5, 0.6) is 5.75 Å². The van der Waals surface area contributed by atoms with Crippen LogP contribution >= 0.6 is 0 Å². The van der Waals surface area contributed by atoms with E-state index < -0.39 is 12.6 Å². The minimum Gasteiger partial charge on any atom is -0.497 e. The summed E-state index contributed by atoms with van der Waals surface area (Å²) < 4.78 is 10.7. The lowest BCUT2D eigenvalue weighted by atomic mass is 9.76. The van der Waals surface area contributed by atoms with Gasteiger partial charge < -0.3 is 9.47 Å². The van der Waals surface area contributed by atoms with E-state index in [2.05, 4.69) is 6.92 Å². The standard InChI is InChI=1S/C35H32N2O6/c1-20-7-13-26-28(16-20)34(40)37(33(26)39)24-11-9-22(10-12-24)31-18-29(27-15-21(2)8-14-30(27)36-31)35(41)43-19-32(38)23-5-4-6-25(17-23)42-3/h4-6,8-12,14-15,17-18,20,26,28H,7,13,16,19H2,1-3H3/t20-,26-,28+/m1/s1. The number of fused-ring (bicyclic) bond motifs is 2. The fourth-order valence-corrected chi connectivity index (χ4v) is 6.17. The molecule has 2 aliphatic rings. The van der Waals surface area contributed by atoms with E-state index in [1.54, 1.807) is 54.6 Å². The van der Waals surface area contributed by atoms with E-state index in [1.807, 2.05) is 25.1 Å². The van der Waals surface area contributed by atoms with Crippen LogP contribution < -0.4 is 9.64 Å². The molecule has 1 aliphatic carbocycles. The summed E-state index contributed by atoms with van der Waals surface area (Å²) in [7, 11) is 1.52. The lowest BCUT2D eigenvalue weighted by Gasteiger charge is -2.25. The number of esters is 1. The summed E-state index contributed by atoms with van der Waals surface area (Å²) in [5, 5.41) is 0.615. The molecule has 0 N–H and O–H groups in total. The highest BCUT2D eigenvalue weighted by Gasteiger charge is 2.49. The van der Waals surface area contributed by atoms with Gasteiger partial charge in [-0.25, -0.2) is 9.78 Å². The van der Waals surface area contributed by atoms with Crippen LogP contribution in [-0.4, -0.2) is 42.3 Å². The molecule has 218 valence electrons. The number of benzene rings is 3. The molecular weight excluding hydrogens is 544 g/mol. The topological polar surface area (TPSA) is 103 Å². The summed E-state index contributed by atoms with van der Waals surface area (Å²) in [5.74, 6) is -0.748. The van der Waals surface area contributed by atoms with Gasteiger partial charge in [0, 0.05) is 16.5 Å². The van der Waals surface area contributed by atoms with Gasteiger partial charge in [0.1, 0.15) is 5.75 Å². The van der Waals surface area contributed by atoms with Crippen LogP contribution in [0.2, 0.25) is 0 Å². The third kappa shape index (κ3) is 5.41. The monoisotopic (exact) mass is 576 g/mol. The van der Waals surface area contributed by atoms with Gasteiger partial charge in [0.25, 0.3) is 0 Å². The number of hydrogen-bond donors (Lipinski definition) is 0. The van der Waals surface area contributed by atoms with Crippen molar-refractivity contribution in [2.45, 2.75) is 33.1 Å². The average Bonchev–Trinajstić information content (AvgIpc) is 3.27. The second-order valence-electron chi connectivity index (χ2n) is 11.5. The Morgan fingerprint density at radius 3 is 2.47 bits per heavy atom. The van der Waals surface area contributed by atoms with Gasteiger partial charge in [-0.2, -0.15) is 0 Å². The molecule has 0 radical (unpaired) electrons. The first kappa shape index (κ1) is 28.3. The number of pyridine rings is 1. The summed E-state index contributed by atoms with van der Waals surface area (Å²) in [6.07, 6.45) is 2.45. The second-order valence-corrected chi connectivity index (χ2v) is 11.5. The number of hydrogen-bond acceptors (Lipinski definition) is 7. The number of imide groups is 1. The van der Waals surface area contributed by atoms with Crippen LogP contribution in [0.4, 0.5) is 5.69 Å². The Hall–Kier alpha value is -4.85. The van der Waals surface area contributed by atoms with Crippen LogP contribution in [0, 0.1) is 24.7 Å². The van der Waals surface area contributed by atoms with Crippen molar-refractivity contribution in [1.29, 1.82) is 0 Å². The summed E-state index contributed by atoms with van der Waals surface area (Å²) in [4.78, 5) is 58.5. The maximum Gasteiger partial charge on any atom is 0.339 e. The van der Waals surface area contributed by atoms with Crippen molar-refractivity contribution in [3.63, 3.8) is 0 Å². The minimum atomic E-state index is -0.641. The van der Waals surface area contributed by atoms with Gasteiger partial charge in [-0.15, -0.1) is 0 Å². The Morgan fingerprint density at radius 1 is 0.930 bits per heavy atom. The molecule has 6 rings (SSSR count). The van der Waals surface area contributed by atoms with Gasteiger partial charge in [0.05, 0.1) is 41.4 Å². The number of aryl methyl sites for hydroxylation is 1. The first-order valence-corrected chi connectivity index (χ1v) is 14.5. The maximum absolute atomic E-state index is 13.4. The number of anilines is 1. The van der Waals surface area contributed by atoms with Crippen LogP contribution in [0.1, 0.15) is 52.5 Å². The lowest BCUT2D eigenvalue weighted by molar-refractivity contribution is -0.122. The molecule has 0 bridgehead atoms. The van der Waals surface area contributed by atoms with Gasteiger partial charge in [0.15, 0.2) is 12.4 Å². The zero-order valence-electron chi connectivity index (χ0n) is 24.3. The van der Waals surface area contributed by atoms with Crippen molar-refractivity contribution in [2.75, 3.05) is 18.6 Å². The summed E-state index contributed by atoms with van der Waals surface area (Å²) in [6, 6.07) is 21.0. The Labute approximate surface area is 249 Å². The normalized spacial score (nSPS) is 19.8. The smallest absolute Gasteiger partial charge is 0.339 e. The van der Waals surface area contributed by atoms with Gasteiger partial charge >= 0.3 is 5.97 Å². The molecule has 1 saturated heterocycles. The quantitative estimate of drug-likeness (QED) is 0.147. The number of ether oxygens (including phenoxy) is 2. The predicted molar refractivity (Wildman–Crippen MR) is 162 cm³/mol. The molecule has 8 nitrogen and oxygen atoms in total. The Bertz CT molecular complexity index is 1760. The zero-order chi connectivity index (χ0) is 30.2. The number of carbonyl (C=O) groups excluding carboxylic acids is 4. The minimum absolute atomic E-state index is 0.123. The third-order valence-electron chi connectivity index (χ3n) is 8.52. The molecule has 2 fully saturated rings. The number of aromatic nitrogens is 1. The van der Waals surface area contributed by atoms with E-state index in [1.165, 1.54) is 12.0 Å². The molecule has 1 aliphatic heterocycles. The number of amides is 2. The predicted octanol–water partition coefficient (Wildman–Crippen LogP) is 6.18. The van der Waals surface area contributed by atoms with Crippen LogP contribution in [-0.2, 0) is 14.3 Å². The molecule has 3 aromatic carbocycles. The van der Waals surface area contributed by atoms with E-state index in [0.717, 1.165) is 24.8 Å². The third-order valence-corrected chi connectivity index (χ3v) is 8.52. The SMILES string of the molecule is COc1cccc(C(=O)COC(=O)c2cc(-c3ccc(N4C(=O)[C@H]5C[C@H](C)CC[C@H]5C4=O)cc3)nc3ccc(C)cc23)c1. The van der Waals surface area contributed by atoms with Crippen molar-refractivity contribution in [1.82, 2.24) is 4.98 Å².